The standard InChI is InChI=1S/C19H20N2O5/c1-13-4-3-5-14(2)19(13)26-11-17(22)21-20-10-15-6-8-16(9-7-15)25-12-18(23)24/h3-10H,11-12H2,1-2H3,(H,21,22)(H,23,24)/b20-10-. The number of ether oxygens (including phenoxy) is 2. The molecule has 0 atom stereocenters. The van der Waals surface area contributed by atoms with E-state index in [1.165, 1.54) is 6.21 Å². The van der Waals surface area contributed by atoms with Crippen molar-refractivity contribution >= 4 is 18.1 Å². The van der Waals surface area contributed by atoms with Gasteiger partial charge in [0.1, 0.15) is 11.5 Å². The van der Waals surface area contributed by atoms with Crippen LogP contribution in [0.15, 0.2) is 47.6 Å². The molecule has 0 saturated carbocycles. The highest BCUT2D eigenvalue weighted by molar-refractivity contribution is 5.83. The average Bonchev–Trinajstić information content (AvgIpc) is 2.60. The fourth-order valence-electron chi connectivity index (χ4n) is 2.17. The van der Waals surface area contributed by atoms with Crippen molar-refractivity contribution in [2.75, 3.05) is 13.2 Å². The smallest absolute Gasteiger partial charge is 0.341 e. The van der Waals surface area contributed by atoms with Gasteiger partial charge in [-0.25, -0.2) is 10.2 Å². The summed E-state index contributed by atoms with van der Waals surface area (Å²) in [6.07, 6.45) is 1.47. The number of hydrogen-bond acceptors (Lipinski definition) is 5. The second-order valence-electron chi connectivity index (χ2n) is 5.55. The van der Waals surface area contributed by atoms with Crippen molar-refractivity contribution in [3.8, 4) is 11.5 Å². The maximum atomic E-state index is 11.8. The molecule has 26 heavy (non-hydrogen) atoms. The molecule has 2 rings (SSSR count). The lowest BCUT2D eigenvalue weighted by Gasteiger charge is -2.10. The van der Waals surface area contributed by atoms with Crippen molar-refractivity contribution in [3.63, 3.8) is 0 Å². The molecule has 0 heterocycles. The molecular weight excluding hydrogens is 336 g/mol. The molecule has 136 valence electrons. The predicted molar refractivity (Wildman–Crippen MR) is 96.7 cm³/mol. The van der Waals surface area contributed by atoms with Gasteiger partial charge in [0.25, 0.3) is 5.91 Å². The first-order valence-electron chi connectivity index (χ1n) is 7.91. The van der Waals surface area contributed by atoms with E-state index in [1.54, 1.807) is 24.3 Å². The number of carbonyl (C=O) groups excluding carboxylic acids is 1. The molecule has 0 aliphatic heterocycles. The lowest BCUT2D eigenvalue weighted by molar-refractivity contribution is -0.139. The van der Waals surface area contributed by atoms with Gasteiger partial charge in [-0.1, -0.05) is 18.2 Å². The summed E-state index contributed by atoms with van der Waals surface area (Å²) < 4.78 is 10.6. The number of carboxylic acids is 1. The van der Waals surface area contributed by atoms with Crippen molar-refractivity contribution < 1.29 is 24.2 Å². The molecule has 2 aromatic carbocycles. The van der Waals surface area contributed by atoms with Crippen molar-refractivity contribution in [1.82, 2.24) is 5.43 Å². The molecule has 0 unspecified atom stereocenters. The van der Waals surface area contributed by atoms with E-state index < -0.39 is 12.6 Å². The Morgan fingerprint density at radius 2 is 1.69 bits per heavy atom. The van der Waals surface area contributed by atoms with Crippen LogP contribution in [0, 0.1) is 13.8 Å². The van der Waals surface area contributed by atoms with E-state index in [-0.39, 0.29) is 12.5 Å². The Morgan fingerprint density at radius 3 is 2.31 bits per heavy atom. The van der Waals surface area contributed by atoms with E-state index in [9.17, 15) is 9.59 Å². The minimum atomic E-state index is -1.04. The van der Waals surface area contributed by atoms with Gasteiger partial charge in [0.15, 0.2) is 13.2 Å². The molecule has 2 N–H and O–H groups in total. The Balaban J connectivity index is 1.80. The molecule has 2 aromatic rings. The van der Waals surface area contributed by atoms with Gasteiger partial charge in [-0.3, -0.25) is 4.79 Å². The number of amides is 1. The van der Waals surface area contributed by atoms with Crippen molar-refractivity contribution in [2.24, 2.45) is 5.10 Å². The van der Waals surface area contributed by atoms with Crippen LogP contribution in [0.3, 0.4) is 0 Å². The number of carbonyl (C=O) groups is 2. The molecule has 0 aliphatic rings. The quantitative estimate of drug-likeness (QED) is 0.559. The van der Waals surface area contributed by atoms with Gasteiger partial charge in [0, 0.05) is 0 Å². The molecule has 0 aromatic heterocycles. The predicted octanol–water partition coefficient (Wildman–Crippen LogP) is 2.30. The topological polar surface area (TPSA) is 97.2 Å². The van der Waals surface area contributed by atoms with Crippen LogP contribution in [0.25, 0.3) is 0 Å². The molecular formula is C19H20N2O5. The summed E-state index contributed by atoms with van der Waals surface area (Å²) in [7, 11) is 0. The molecule has 0 fully saturated rings. The summed E-state index contributed by atoms with van der Waals surface area (Å²) in [6, 6.07) is 12.4. The van der Waals surface area contributed by atoms with Gasteiger partial charge in [-0.2, -0.15) is 5.10 Å². The number of benzene rings is 2. The van der Waals surface area contributed by atoms with E-state index in [0.29, 0.717) is 11.5 Å². The number of rotatable bonds is 8. The van der Waals surface area contributed by atoms with E-state index in [0.717, 1.165) is 16.7 Å². The first-order chi connectivity index (χ1) is 12.5. The lowest BCUT2D eigenvalue weighted by Crippen LogP contribution is -2.25. The zero-order chi connectivity index (χ0) is 18.9. The fraction of sp³-hybridized carbons (Fsp3) is 0.211. The number of hydrazone groups is 1. The van der Waals surface area contributed by atoms with Crippen LogP contribution in [-0.2, 0) is 9.59 Å². The van der Waals surface area contributed by atoms with E-state index in [4.69, 9.17) is 14.6 Å². The van der Waals surface area contributed by atoms with Crippen LogP contribution in [0.5, 0.6) is 11.5 Å². The Hall–Kier alpha value is -3.35. The maximum Gasteiger partial charge on any atom is 0.341 e. The molecule has 0 radical (unpaired) electrons. The second kappa shape index (κ2) is 9.22. The number of aryl methyl sites for hydroxylation is 2. The Labute approximate surface area is 151 Å². The number of aliphatic carboxylic acids is 1. The summed E-state index contributed by atoms with van der Waals surface area (Å²) in [5.74, 6) is -0.272. The van der Waals surface area contributed by atoms with Gasteiger partial charge in [0.2, 0.25) is 0 Å². The normalized spacial score (nSPS) is 10.5. The van der Waals surface area contributed by atoms with Crippen molar-refractivity contribution in [3.05, 3.63) is 59.2 Å². The first-order valence-corrected chi connectivity index (χ1v) is 7.91. The SMILES string of the molecule is Cc1cccc(C)c1OCC(=O)N/N=C\c1ccc(OCC(=O)O)cc1. The molecule has 7 nitrogen and oxygen atoms in total. The number of hydrogen-bond donors (Lipinski definition) is 2. The van der Waals surface area contributed by atoms with Crippen LogP contribution in [0.2, 0.25) is 0 Å². The Morgan fingerprint density at radius 1 is 1.04 bits per heavy atom. The highest BCUT2D eigenvalue weighted by Gasteiger charge is 2.06. The number of nitrogens with one attached hydrogen (secondary N) is 1. The van der Waals surface area contributed by atoms with Gasteiger partial charge in [-0.05, 0) is 54.8 Å². The Kier molecular flexibility index (Phi) is 6.73. The molecule has 0 aliphatic carbocycles. The summed E-state index contributed by atoms with van der Waals surface area (Å²) >= 11 is 0. The third-order valence-corrected chi connectivity index (χ3v) is 3.40. The van der Waals surface area contributed by atoms with Gasteiger partial charge in [-0.15, -0.1) is 0 Å². The fourth-order valence-corrected chi connectivity index (χ4v) is 2.17. The molecule has 7 heteroatoms. The highest BCUT2D eigenvalue weighted by Crippen LogP contribution is 2.21. The number of carboxylic acid groups (broad SMARTS) is 1. The van der Waals surface area contributed by atoms with E-state index in [2.05, 4.69) is 10.5 Å². The summed E-state index contributed by atoms with van der Waals surface area (Å²) in [6.45, 7) is 3.30. The average molecular weight is 356 g/mol. The van der Waals surface area contributed by atoms with E-state index in [1.807, 2.05) is 32.0 Å². The van der Waals surface area contributed by atoms with Crippen molar-refractivity contribution in [1.29, 1.82) is 0 Å². The second-order valence-corrected chi connectivity index (χ2v) is 5.55. The van der Waals surface area contributed by atoms with Crippen LogP contribution in [0.1, 0.15) is 16.7 Å². The zero-order valence-corrected chi connectivity index (χ0v) is 14.6. The maximum absolute atomic E-state index is 11.8. The third kappa shape index (κ3) is 5.94. The minimum Gasteiger partial charge on any atom is -0.483 e. The molecule has 1 amide bonds. The van der Waals surface area contributed by atoms with Gasteiger partial charge >= 0.3 is 5.97 Å². The van der Waals surface area contributed by atoms with Crippen LogP contribution in [0.4, 0.5) is 0 Å². The van der Waals surface area contributed by atoms with Gasteiger partial charge in [0.05, 0.1) is 6.21 Å². The molecule has 0 saturated heterocycles. The minimum absolute atomic E-state index is 0.134. The van der Waals surface area contributed by atoms with Crippen molar-refractivity contribution in [2.45, 2.75) is 13.8 Å². The largest absolute Gasteiger partial charge is 0.483 e. The number of nitrogens with zero attached hydrogens (tertiary/aromatic N) is 1. The summed E-state index contributed by atoms with van der Waals surface area (Å²) in [5, 5.41) is 12.4. The third-order valence-electron chi connectivity index (χ3n) is 3.40. The first kappa shape index (κ1) is 19.0. The lowest BCUT2D eigenvalue weighted by atomic mass is 10.1. The van der Waals surface area contributed by atoms with Crippen LogP contribution < -0.4 is 14.9 Å². The van der Waals surface area contributed by atoms with Gasteiger partial charge < -0.3 is 14.6 Å². The molecule has 0 bridgehead atoms. The zero-order valence-electron chi connectivity index (χ0n) is 14.6. The molecule has 0 spiro atoms. The Bertz CT molecular complexity index is 780. The van der Waals surface area contributed by atoms with Crippen LogP contribution >= 0.6 is 0 Å². The van der Waals surface area contributed by atoms with Crippen LogP contribution in [-0.4, -0.2) is 36.4 Å². The highest BCUT2D eigenvalue weighted by atomic mass is 16.5. The summed E-state index contributed by atoms with van der Waals surface area (Å²) in [5.41, 5.74) is 5.05. The summed E-state index contributed by atoms with van der Waals surface area (Å²) in [4.78, 5) is 22.2. The monoisotopic (exact) mass is 356 g/mol. The number of para-hydroxylation sites is 1. The van der Waals surface area contributed by atoms with E-state index >= 15 is 0 Å².